The van der Waals surface area contributed by atoms with Gasteiger partial charge in [-0.15, -0.1) is 0 Å². The van der Waals surface area contributed by atoms with Gasteiger partial charge in [0, 0.05) is 30.9 Å². The number of nitrogens with one attached hydrogen (secondary N) is 1. The van der Waals surface area contributed by atoms with Crippen molar-refractivity contribution in [3.05, 3.63) is 29.8 Å². The summed E-state index contributed by atoms with van der Waals surface area (Å²) in [4.78, 5) is 2.72. The Kier molecular flexibility index (Phi) is 4.30. The van der Waals surface area contributed by atoms with Crippen LogP contribution < -0.4 is 10.2 Å². The van der Waals surface area contributed by atoms with Crippen molar-refractivity contribution in [2.75, 3.05) is 18.0 Å². The monoisotopic (exact) mass is 272 g/mol. The predicted octanol–water partition coefficient (Wildman–Crippen LogP) is 3.61. The number of para-hydroxylation sites is 1. The first kappa shape index (κ1) is 13.9. The Labute approximate surface area is 123 Å². The van der Waals surface area contributed by atoms with Crippen LogP contribution in [0.15, 0.2) is 24.3 Å². The molecular formula is C18H28N2. The number of hydrogen-bond acceptors (Lipinski definition) is 2. The molecule has 2 heteroatoms. The minimum Gasteiger partial charge on any atom is -0.368 e. The fourth-order valence-electron chi connectivity index (χ4n) is 3.65. The number of anilines is 1. The molecule has 110 valence electrons. The first-order valence-corrected chi connectivity index (χ1v) is 8.33. The van der Waals surface area contributed by atoms with E-state index >= 15 is 0 Å². The fourth-order valence-corrected chi connectivity index (χ4v) is 3.65. The molecule has 0 radical (unpaired) electrons. The molecule has 0 saturated heterocycles. The predicted molar refractivity (Wildman–Crippen MR) is 86.4 cm³/mol. The topological polar surface area (TPSA) is 15.3 Å². The molecule has 0 spiro atoms. The van der Waals surface area contributed by atoms with Crippen molar-refractivity contribution < 1.29 is 0 Å². The van der Waals surface area contributed by atoms with Crippen molar-refractivity contribution in [2.24, 2.45) is 5.92 Å². The standard InChI is InChI=1S/C18H28N2/c1-14(2)19-13-16-10-11-18(16)20-12-6-5-8-15-7-3-4-9-17(15)20/h3-4,7,9,14,16,18-19H,5-6,8,10-13H2,1-2H3. The molecule has 0 amide bonds. The molecule has 1 aromatic rings. The molecule has 2 aliphatic rings. The Morgan fingerprint density at radius 3 is 2.80 bits per heavy atom. The quantitative estimate of drug-likeness (QED) is 0.901. The van der Waals surface area contributed by atoms with Crippen LogP contribution in [0.3, 0.4) is 0 Å². The molecule has 0 bridgehead atoms. The van der Waals surface area contributed by atoms with Gasteiger partial charge < -0.3 is 10.2 Å². The van der Waals surface area contributed by atoms with Crippen LogP contribution in [-0.4, -0.2) is 25.2 Å². The lowest BCUT2D eigenvalue weighted by molar-refractivity contribution is 0.229. The maximum Gasteiger partial charge on any atom is 0.0401 e. The number of benzene rings is 1. The third-order valence-corrected chi connectivity index (χ3v) is 4.96. The number of aryl methyl sites for hydroxylation is 1. The van der Waals surface area contributed by atoms with Crippen LogP contribution in [0, 0.1) is 5.92 Å². The summed E-state index contributed by atoms with van der Waals surface area (Å²) in [6.45, 7) is 6.92. The van der Waals surface area contributed by atoms with E-state index in [2.05, 4.69) is 48.3 Å². The fraction of sp³-hybridized carbons (Fsp3) is 0.667. The minimum absolute atomic E-state index is 0.604. The summed E-state index contributed by atoms with van der Waals surface area (Å²) in [7, 11) is 0. The van der Waals surface area contributed by atoms with Gasteiger partial charge in [0.1, 0.15) is 0 Å². The Morgan fingerprint density at radius 1 is 1.20 bits per heavy atom. The van der Waals surface area contributed by atoms with E-state index in [0.717, 1.165) is 12.0 Å². The van der Waals surface area contributed by atoms with Crippen molar-refractivity contribution in [3.63, 3.8) is 0 Å². The summed E-state index contributed by atoms with van der Waals surface area (Å²) < 4.78 is 0. The number of nitrogens with zero attached hydrogens (tertiary/aromatic N) is 1. The van der Waals surface area contributed by atoms with Gasteiger partial charge in [-0.25, -0.2) is 0 Å². The zero-order chi connectivity index (χ0) is 13.9. The Bertz CT molecular complexity index is 441. The Balaban J connectivity index is 1.73. The van der Waals surface area contributed by atoms with Crippen LogP contribution in [0.25, 0.3) is 0 Å². The van der Waals surface area contributed by atoms with Gasteiger partial charge in [0.25, 0.3) is 0 Å². The van der Waals surface area contributed by atoms with E-state index in [-0.39, 0.29) is 0 Å². The lowest BCUT2D eigenvalue weighted by Gasteiger charge is -2.46. The van der Waals surface area contributed by atoms with E-state index in [9.17, 15) is 0 Å². The second-order valence-electron chi connectivity index (χ2n) is 6.75. The van der Waals surface area contributed by atoms with Crippen LogP contribution in [0.4, 0.5) is 5.69 Å². The van der Waals surface area contributed by atoms with Crippen LogP contribution in [0.5, 0.6) is 0 Å². The van der Waals surface area contributed by atoms with Crippen LogP contribution in [0.2, 0.25) is 0 Å². The lowest BCUT2D eigenvalue weighted by Crippen LogP contribution is -2.51. The van der Waals surface area contributed by atoms with E-state index < -0.39 is 0 Å². The van der Waals surface area contributed by atoms with E-state index in [4.69, 9.17) is 0 Å². The highest BCUT2D eigenvalue weighted by atomic mass is 15.2. The molecule has 1 heterocycles. The van der Waals surface area contributed by atoms with Gasteiger partial charge in [0.15, 0.2) is 0 Å². The summed E-state index contributed by atoms with van der Waals surface area (Å²) in [5, 5.41) is 3.63. The molecule has 1 aliphatic carbocycles. The summed E-state index contributed by atoms with van der Waals surface area (Å²) in [5.41, 5.74) is 3.08. The van der Waals surface area contributed by atoms with Gasteiger partial charge in [0.05, 0.1) is 0 Å². The largest absolute Gasteiger partial charge is 0.368 e. The van der Waals surface area contributed by atoms with E-state index in [1.54, 1.807) is 5.56 Å². The average Bonchev–Trinajstić information content (AvgIpc) is 2.61. The number of rotatable bonds is 4. The molecule has 1 aliphatic heterocycles. The molecule has 1 saturated carbocycles. The molecule has 2 nitrogen and oxygen atoms in total. The first-order chi connectivity index (χ1) is 9.75. The highest BCUT2D eigenvalue weighted by molar-refractivity contribution is 5.55. The molecule has 20 heavy (non-hydrogen) atoms. The Hall–Kier alpha value is -1.02. The van der Waals surface area contributed by atoms with Gasteiger partial charge in [-0.3, -0.25) is 0 Å². The highest BCUT2D eigenvalue weighted by Gasteiger charge is 2.36. The lowest BCUT2D eigenvalue weighted by atomic mass is 9.78. The smallest absolute Gasteiger partial charge is 0.0401 e. The second-order valence-corrected chi connectivity index (χ2v) is 6.75. The van der Waals surface area contributed by atoms with Crippen LogP contribution in [0.1, 0.15) is 45.1 Å². The zero-order valence-electron chi connectivity index (χ0n) is 12.9. The molecular weight excluding hydrogens is 244 g/mol. The van der Waals surface area contributed by atoms with Crippen molar-refractivity contribution in [1.29, 1.82) is 0 Å². The van der Waals surface area contributed by atoms with Crippen LogP contribution in [-0.2, 0) is 6.42 Å². The summed E-state index contributed by atoms with van der Waals surface area (Å²) in [5.74, 6) is 0.837. The van der Waals surface area contributed by atoms with Crippen molar-refractivity contribution in [3.8, 4) is 0 Å². The minimum atomic E-state index is 0.604. The van der Waals surface area contributed by atoms with Gasteiger partial charge >= 0.3 is 0 Å². The summed E-state index contributed by atoms with van der Waals surface area (Å²) in [6, 6.07) is 10.4. The van der Waals surface area contributed by atoms with Gasteiger partial charge in [-0.1, -0.05) is 32.0 Å². The molecule has 2 unspecified atom stereocenters. The summed E-state index contributed by atoms with van der Waals surface area (Å²) >= 11 is 0. The van der Waals surface area contributed by atoms with E-state index in [1.165, 1.54) is 50.9 Å². The van der Waals surface area contributed by atoms with Crippen molar-refractivity contribution >= 4 is 5.69 Å². The van der Waals surface area contributed by atoms with Crippen molar-refractivity contribution in [1.82, 2.24) is 5.32 Å². The first-order valence-electron chi connectivity index (χ1n) is 8.33. The van der Waals surface area contributed by atoms with Crippen molar-refractivity contribution in [2.45, 2.75) is 58.0 Å². The normalized spacial score (nSPS) is 26.1. The third kappa shape index (κ3) is 2.85. The van der Waals surface area contributed by atoms with Crippen LogP contribution >= 0.6 is 0 Å². The van der Waals surface area contributed by atoms with Gasteiger partial charge in [-0.05, 0) is 49.7 Å². The molecule has 3 rings (SSSR count). The average molecular weight is 272 g/mol. The van der Waals surface area contributed by atoms with E-state index in [0.29, 0.717) is 6.04 Å². The molecule has 1 aromatic carbocycles. The molecule has 1 fully saturated rings. The zero-order valence-corrected chi connectivity index (χ0v) is 12.9. The van der Waals surface area contributed by atoms with Gasteiger partial charge in [-0.2, -0.15) is 0 Å². The molecule has 1 N–H and O–H groups in total. The maximum atomic E-state index is 3.63. The number of hydrogen-bond donors (Lipinski definition) is 1. The maximum absolute atomic E-state index is 3.63. The third-order valence-electron chi connectivity index (χ3n) is 4.96. The van der Waals surface area contributed by atoms with Gasteiger partial charge in [0.2, 0.25) is 0 Å². The van der Waals surface area contributed by atoms with E-state index in [1.807, 2.05) is 0 Å². The second kappa shape index (κ2) is 6.17. The highest BCUT2D eigenvalue weighted by Crippen LogP contribution is 2.37. The Morgan fingerprint density at radius 2 is 2.05 bits per heavy atom. The number of fused-ring (bicyclic) bond motifs is 1. The molecule has 2 atom stereocenters. The molecule has 0 aromatic heterocycles. The SMILES string of the molecule is CC(C)NCC1CCC1N1CCCCc2ccccc21. The summed E-state index contributed by atoms with van der Waals surface area (Å²) in [6.07, 6.45) is 6.71.